The topological polar surface area (TPSA) is 12.4 Å². The Morgan fingerprint density at radius 1 is 1.40 bits per heavy atom. The molecule has 1 rings (SSSR count). The monoisotopic (exact) mass is 267 g/mol. The van der Waals surface area contributed by atoms with Gasteiger partial charge in [0.05, 0.1) is 0 Å². The van der Waals surface area contributed by atoms with E-state index in [2.05, 4.69) is 55.0 Å². The van der Waals surface area contributed by atoms with Crippen LogP contribution in [0.1, 0.15) is 13.3 Å². The van der Waals surface area contributed by atoms with Gasteiger partial charge in [-0.25, -0.2) is 0 Å². The van der Waals surface area contributed by atoms with E-state index in [0.29, 0.717) is 19.8 Å². The van der Waals surface area contributed by atoms with E-state index in [9.17, 15) is 0 Å². The van der Waals surface area contributed by atoms with Crippen molar-refractivity contribution in [2.45, 2.75) is 18.2 Å². The molecule has 0 saturated carbocycles. The molecule has 0 spiro atoms. The number of nitrogens with zero attached hydrogens (tertiary/aromatic N) is 1. The molecule has 0 saturated heterocycles. The molecule has 15 heavy (non-hydrogen) atoms. The van der Waals surface area contributed by atoms with Gasteiger partial charge in [0.1, 0.15) is 0 Å². The molecule has 1 unspecified atom stereocenters. The Morgan fingerprint density at radius 2 is 2.13 bits per heavy atom. The number of hydrogen-bond acceptors (Lipinski definition) is 1. The molecule has 1 aromatic carbocycles. The van der Waals surface area contributed by atoms with Gasteiger partial charge in [0.2, 0.25) is 0 Å². The zero-order valence-electron chi connectivity index (χ0n) is 9.10. The first-order chi connectivity index (χ1) is 7.36. The summed E-state index contributed by atoms with van der Waals surface area (Å²) in [7, 11) is 0. The SMILES string of the molecule is C=CCN=CC(CC)[Se]c1ccccc1. The van der Waals surface area contributed by atoms with E-state index in [1.54, 1.807) is 0 Å². The Balaban J connectivity index is 2.50. The maximum absolute atomic E-state index is 4.33. The van der Waals surface area contributed by atoms with Crippen LogP contribution in [0.3, 0.4) is 0 Å². The molecule has 0 radical (unpaired) electrons. The summed E-state index contributed by atoms with van der Waals surface area (Å²) in [6, 6.07) is 10.7. The van der Waals surface area contributed by atoms with Gasteiger partial charge in [-0.15, -0.1) is 0 Å². The molecule has 0 heterocycles. The molecule has 0 aliphatic rings. The summed E-state index contributed by atoms with van der Waals surface area (Å²) in [6.45, 7) is 6.61. The minimum atomic E-state index is 0.501. The zero-order chi connectivity index (χ0) is 10.9. The second-order valence-electron chi connectivity index (χ2n) is 3.18. The molecule has 1 atom stereocenters. The number of rotatable bonds is 6. The van der Waals surface area contributed by atoms with Crippen molar-refractivity contribution in [1.29, 1.82) is 0 Å². The van der Waals surface area contributed by atoms with E-state index in [-0.39, 0.29) is 0 Å². The number of aliphatic imine (C=N–C) groups is 1. The van der Waals surface area contributed by atoms with E-state index < -0.39 is 0 Å². The molecule has 0 aliphatic heterocycles. The average molecular weight is 266 g/mol. The third-order valence-electron chi connectivity index (χ3n) is 1.94. The Bertz CT molecular complexity index is 306. The third-order valence-corrected chi connectivity index (χ3v) is 4.67. The molecular formula is C13H17NSe. The van der Waals surface area contributed by atoms with Crippen LogP contribution in [0.5, 0.6) is 0 Å². The third kappa shape index (κ3) is 4.96. The molecular weight excluding hydrogens is 249 g/mol. The first-order valence-corrected chi connectivity index (χ1v) is 7.04. The number of benzene rings is 1. The van der Waals surface area contributed by atoms with Crippen molar-refractivity contribution in [2.75, 3.05) is 6.54 Å². The fraction of sp³-hybridized carbons (Fsp3) is 0.308. The van der Waals surface area contributed by atoms with Gasteiger partial charge in [-0.2, -0.15) is 0 Å². The summed E-state index contributed by atoms with van der Waals surface area (Å²) in [5, 5.41) is 0. The average Bonchev–Trinajstić information content (AvgIpc) is 2.29. The van der Waals surface area contributed by atoms with Crippen molar-refractivity contribution in [1.82, 2.24) is 0 Å². The summed E-state index contributed by atoms with van der Waals surface area (Å²) in [5.41, 5.74) is 0. The van der Waals surface area contributed by atoms with Crippen LogP contribution in [0.2, 0.25) is 4.82 Å². The van der Waals surface area contributed by atoms with Crippen LogP contribution in [0.15, 0.2) is 48.0 Å². The van der Waals surface area contributed by atoms with Crippen LogP contribution >= 0.6 is 0 Å². The number of hydrogen-bond donors (Lipinski definition) is 0. The van der Waals surface area contributed by atoms with Gasteiger partial charge in [-0.05, 0) is 0 Å². The molecule has 0 bridgehead atoms. The molecule has 0 fully saturated rings. The predicted molar refractivity (Wildman–Crippen MR) is 69.4 cm³/mol. The van der Waals surface area contributed by atoms with Crippen molar-refractivity contribution in [2.24, 2.45) is 4.99 Å². The van der Waals surface area contributed by atoms with E-state index in [1.165, 1.54) is 4.46 Å². The van der Waals surface area contributed by atoms with Crippen LogP contribution in [-0.2, 0) is 0 Å². The van der Waals surface area contributed by atoms with Gasteiger partial charge in [0.15, 0.2) is 0 Å². The Kier molecular flexibility index (Phi) is 6.06. The molecule has 0 amide bonds. The summed E-state index contributed by atoms with van der Waals surface area (Å²) in [4.78, 5) is 4.94. The maximum atomic E-state index is 4.33. The van der Waals surface area contributed by atoms with Crippen molar-refractivity contribution < 1.29 is 0 Å². The van der Waals surface area contributed by atoms with Crippen molar-refractivity contribution in [3.05, 3.63) is 43.0 Å². The molecule has 0 aromatic heterocycles. The van der Waals surface area contributed by atoms with Gasteiger partial charge in [0, 0.05) is 0 Å². The predicted octanol–water partition coefficient (Wildman–Crippen LogP) is 2.47. The first kappa shape index (κ1) is 12.2. The van der Waals surface area contributed by atoms with Gasteiger partial charge in [-0.3, -0.25) is 0 Å². The van der Waals surface area contributed by atoms with E-state index in [1.807, 2.05) is 6.08 Å². The second-order valence-corrected chi connectivity index (χ2v) is 5.93. The fourth-order valence-corrected chi connectivity index (χ4v) is 3.20. The van der Waals surface area contributed by atoms with Gasteiger partial charge in [0.25, 0.3) is 0 Å². The van der Waals surface area contributed by atoms with Crippen LogP contribution in [0, 0.1) is 0 Å². The molecule has 0 aliphatic carbocycles. The van der Waals surface area contributed by atoms with Crippen molar-refractivity contribution in [3.63, 3.8) is 0 Å². The van der Waals surface area contributed by atoms with E-state index in [4.69, 9.17) is 0 Å². The van der Waals surface area contributed by atoms with Crippen LogP contribution in [-0.4, -0.2) is 27.7 Å². The van der Waals surface area contributed by atoms with E-state index in [0.717, 1.165) is 13.0 Å². The first-order valence-electron chi connectivity index (χ1n) is 5.19. The van der Waals surface area contributed by atoms with Crippen LogP contribution in [0.4, 0.5) is 0 Å². The Hall–Kier alpha value is -0.851. The van der Waals surface area contributed by atoms with Crippen molar-refractivity contribution >= 4 is 25.6 Å². The molecule has 1 aromatic rings. The van der Waals surface area contributed by atoms with Gasteiger partial charge in [-0.1, -0.05) is 0 Å². The zero-order valence-corrected chi connectivity index (χ0v) is 10.8. The molecule has 1 nitrogen and oxygen atoms in total. The summed E-state index contributed by atoms with van der Waals surface area (Å²) in [5.74, 6) is 0. The van der Waals surface area contributed by atoms with Gasteiger partial charge >= 0.3 is 98.3 Å². The Morgan fingerprint density at radius 3 is 2.73 bits per heavy atom. The quantitative estimate of drug-likeness (QED) is 0.426. The summed E-state index contributed by atoms with van der Waals surface area (Å²) in [6.07, 6.45) is 5.09. The van der Waals surface area contributed by atoms with E-state index >= 15 is 0 Å². The standard InChI is InChI=1S/C13H17NSe/c1-3-10-14-11-12(4-2)15-13-8-6-5-7-9-13/h3,5-9,11-12H,1,4,10H2,2H3. The molecule has 2 heteroatoms. The van der Waals surface area contributed by atoms with Gasteiger partial charge < -0.3 is 0 Å². The second kappa shape index (κ2) is 7.44. The summed E-state index contributed by atoms with van der Waals surface area (Å²) >= 11 is 0.501. The van der Waals surface area contributed by atoms with Crippen molar-refractivity contribution in [3.8, 4) is 0 Å². The molecule has 0 N–H and O–H groups in total. The van der Waals surface area contributed by atoms with Crippen LogP contribution < -0.4 is 4.46 Å². The Labute approximate surface area is 98.5 Å². The normalized spacial score (nSPS) is 12.9. The molecule has 80 valence electrons. The fourth-order valence-electron chi connectivity index (χ4n) is 1.15. The van der Waals surface area contributed by atoms with Crippen LogP contribution in [0.25, 0.3) is 0 Å². The minimum absolute atomic E-state index is 0.501. The summed E-state index contributed by atoms with van der Waals surface area (Å²) < 4.78 is 1.45.